The second-order valence-electron chi connectivity index (χ2n) is 7.05. The molecule has 1 aromatic carbocycles. The number of ether oxygens (including phenoxy) is 2. The first-order valence-electron chi connectivity index (χ1n) is 8.79. The lowest BCUT2D eigenvalue weighted by atomic mass is 9.82. The van der Waals surface area contributed by atoms with Crippen LogP contribution in [0.15, 0.2) is 30.3 Å². The highest BCUT2D eigenvalue weighted by Gasteiger charge is 2.44. The molecule has 6 atom stereocenters. The Kier molecular flexibility index (Phi) is 5.54. The summed E-state index contributed by atoms with van der Waals surface area (Å²) in [7, 11) is 0. The number of para-hydroxylation sites is 1. The van der Waals surface area contributed by atoms with E-state index >= 15 is 0 Å². The SMILES string of the molecule is CC1CC2OC(O)CCC2C1CCC(F)COc1ccccc1. The maximum Gasteiger partial charge on any atom is 0.154 e. The van der Waals surface area contributed by atoms with Crippen molar-refractivity contribution >= 4 is 0 Å². The van der Waals surface area contributed by atoms with Crippen LogP contribution in [0.5, 0.6) is 5.75 Å². The Morgan fingerprint density at radius 1 is 1.30 bits per heavy atom. The molecule has 23 heavy (non-hydrogen) atoms. The van der Waals surface area contributed by atoms with Gasteiger partial charge < -0.3 is 14.6 Å². The summed E-state index contributed by atoms with van der Waals surface area (Å²) in [4.78, 5) is 0. The minimum atomic E-state index is -0.934. The highest BCUT2D eigenvalue weighted by atomic mass is 19.1. The van der Waals surface area contributed by atoms with E-state index in [4.69, 9.17) is 9.47 Å². The van der Waals surface area contributed by atoms with Gasteiger partial charge in [0.05, 0.1) is 6.10 Å². The Morgan fingerprint density at radius 2 is 2.09 bits per heavy atom. The Labute approximate surface area is 137 Å². The fourth-order valence-corrected chi connectivity index (χ4v) is 4.23. The van der Waals surface area contributed by atoms with Crippen LogP contribution < -0.4 is 4.74 Å². The third-order valence-electron chi connectivity index (χ3n) is 5.43. The van der Waals surface area contributed by atoms with Crippen molar-refractivity contribution in [2.75, 3.05) is 6.61 Å². The average molecular weight is 322 g/mol. The van der Waals surface area contributed by atoms with Gasteiger partial charge in [-0.2, -0.15) is 0 Å². The normalized spacial score (nSPS) is 34.8. The second kappa shape index (κ2) is 7.63. The molecule has 2 aliphatic rings. The molecule has 0 aromatic heterocycles. The second-order valence-corrected chi connectivity index (χ2v) is 7.05. The largest absolute Gasteiger partial charge is 0.491 e. The van der Waals surface area contributed by atoms with Crippen molar-refractivity contribution in [2.45, 2.75) is 57.6 Å². The van der Waals surface area contributed by atoms with Crippen LogP contribution in [0.4, 0.5) is 4.39 Å². The van der Waals surface area contributed by atoms with E-state index in [1.807, 2.05) is 30.3 Å². The molecule has 1 aliphatic carbocycles. The van der Waals surface area contributed by atoms with Crippen molar-refractivity contribution in [1.29, 1.82) is 0 Å². The highest BCUT2D eigenvalue weighted by Crippen LogP contribution is 2.46. The first-order chi connectivity index (χ1) is 11.1. The number of aliphatic hydroxyl groups excluding tert-OH is 1. The maximum absolute atomic E-state index is 14.2. The van der Waals surface area contributed by atoms with E-state index in [0.29, 0.717) is 30.6 Å². The van der Waals surface area contributed by atoms with Gasteiger partial charge in [-0.15, -0.1) is 0 Å². The van der Waals surface area contributed by atoms with Gasteiger partial charge in [-0.1, -0.05) is 25.1 Å². The van der Waals surface area contributed by atoms with Crippen LogP contribution in [0.3, 0.4) is 0 Å². The summed E-state index contributed by atoms with van der Waals surface area (Å²) in [6.07, 6.45) is 2.74. The molecule has 1 N–H and O–H groups in total. The Hall–Kier alpha value is -1.13. The number of rotatable bonds is 6. The third-order valence-corrected chi connectivity index (χ3v) is 5.43. The van der Waals surface area contributed by atoms with Gasteiger partial charge in [0.15, 0.2) is 6.29 Å². The molecular weight excluding hydrogens is 295 g/mol. The van der Waals surface area contributed by atoms with Crippen molar-refractivity contribution in [3.8, 4) is 5.75 Å². The van der Waals surface area contributed by atoms with E-state index in [9.17, 15) is 9.50 Å². The van der Waals surface area contributed by atoms with E-state index in [-0.39, 0.29) is 12.7 Å². The van der Waals surface area contributed by atoms with Gasteiger partial charge in [0.25, 0.3) is 0 Å². The quantitative estimate of drug-likeness (QED) is 0.862. The number of alkyl halides is 1. The lowest BCUT2D eigenvalue weighted by molar-refractivity contribution is -0.178. The highest BCUT2D eigenvalue weighted by molar-refractivity contribution is 5.20. The van der Waals surface area contributed by atoms with Crippen LogP contribution in [0.2, 0.25) is 0 Å². The van der Waals surface area contributed by atoms with E-state index < -0.39 is 12.5 Å². The summed E-state index contributed by atoms with van der Waals surface area (Å²) in [5.74, 6) is 2.25. The Morgan fingerprint density at radius 3 is 2.87 bits per heavy atom. The predicted octanol–water partition coefficient (Wildman–Crippen LogP) is 3.95. The first kappa shape index (κ1) is 16.7. The molecule has 0 bridgehead atoms. The van der Waals surface area contributed by atoms with Gasteiger partial charge in [-0.05, 0) is 62.0 Å². The summed E-state index contributed by atoms with van der Waals surface area (Å²) < 4.78 is 25.3. The lowest BCUT2D eigenvalue weighted by Gasteiger charge is -2.33. The Bertz CT molecular complexity index is 481. The molecule has 6 unspecified atom stereocenters. The summed E-state index contributed by atoms with van der Waals surface area (Å²) in [6.45, 7) is 2.35. The van der Waals surface area contributed by atoms with Crippen LogP contribution in [0.1, 0.15) is 39.0 Å². The molecule has 128 valence electrons. The van der Waals surface area contributed by atoms with Crippen LogP contribution in [-0.4, -0.2) is 30.3 Å². The fourth-order valence-electron chi connectivity index (χ4n) is 4.23. The Balaban J connectivity index is 1.44. The zero-order valence-corrected chi connectivity index (χ0v) is 13.7. The van der Waals surface area contributed by atoms with Gasteiger partial charge >= 0.3 is 0 Å². The van der Waals surface area contributed by atoms with Gasteiger partial charge in [0.2, 0.25) is 0 Å². The zero-order chi connectivity index (χ0) is 16.2. The van der Waals surface area contributed by atoms with Crippen molar-refractivity contribution in [3.63, 3.8) is 0 Å². The zero-order valence-electron chi connectivity index (χ0n) is 13.7. The molecule has 0 spiro atoms. The van der Waals surface area contributed by atoms with E-state index in [0.717, 1.165) is 25.0 Å². The summed E-state index contributed by atoms with van der Waals surface area (Å²) in [5.41, 5.74) is 0. The molecule has 2 fully saturated rings. The van der Waals surface area contributed by atoms with Crippen LogP contribution in [-0.2, 0) is 4.74 Å². The van der Waals surface area contributed by atoms with Crippen LogP contribution in [0, 0.1) is 17.8 Å². The van der Waals surface area contributed by atoms with E-state index in [1.54, 1.807) is 0 Å². The van der Waals surface area contributed by atoms with Gasteiger partial charge in [0, 0.05) is 0 Å². The van der Waals surface area contributed by atoms with Gasteiger partial charge in [-0.3, -0.25) is 0 Å². The molecule has 1 aliphatic heterocycles. The van der Waals surface area contributed by atoms with Crippen molar-refractivity contribution < 1.29 is 19.0 Å². The van der Waals surface area contributed by atoms with Crippen molar-refractivity contribution in [1.82, 2.24) is 0 Å². The topological polar surface area (TPSA) is 38.7 Å². The lowest BCUT2D eigenvalue weighted by Crippen LogP contribution is -2.34. The third kappa shape index (κ3) is 4.24. The van der Waals surface area contributed by atoms with Gasteiger partial charge in [-0.25, -0.2) is 4.39 Å². The van der Waals surface area contributed by atoms with Crippen molar-refractivity contribution in [2.24, 2.45) is 17.8 Å². The number of hydrogen-bond acceptors (Lipinski definition) is 3. The molecule has 1 heterocycles. The molecule has 1 saturated carbocycles. The molecule has 1 saturated heterocycles. The summed E-state index contributed by atoms with van der Waals surface area (Å²) >= 11 is 0. The number of fused-ring (bicyclic) bond motifs is 1. The molecular formula is C19H27FO3. The molecule has 4 heteroatoms. The maximum atomic E-state index is 14.2. The molecule has 1 aromatic rings. The number of aliphatic hydroxyl groups is 1. The molecule has 0 radical (unpaired) electrons. The van der Waals surface area contributed by atoms with Gasteiger partial charge in [0.1, 0.15) is 18.5 Å². The molecule has 3 nitrogen and oxygen atoms in total. The number of benzene rings is 1. The minimum absolute atomic E-state index is 0.119. The molecule has 0 amide bonds. The van der Waals surface area contributed by atoms with E-state index in [2.05, 4.69) is 6.92 Å². The van der Waals surface area contributed by atoms with Crippen molar-refractivity contribution in [3.05, 3.63) is 30.3 Å². The predicted molar refractivity (Wildman–Crippen MR) is 86.9 cm³/mol. The number of halogens is 1. The van der Waals surface area contributed by atoms with Crippen LogP contribution in [0.25, 0.3) is 0 Å². The minimum Gasteiger partial charge on any atom is -0.491 e. The monoisotopic (exact) mass is 322 g/mol. The van der Waals surface area contributed by atoms with E-state index in [1.165, 1.54) is 0 Å². The molecule has 3 rings (SSSR count). The fraction of sp³-hybridized carbons (Fsp3) is 0.684. The smallest absolute Gasteiger partial charge is 0.154 e. The average Bonchev–Trinajstić information content (AvgIpc) is 2.86. The standard InChI is InChI=1S/C19H27FO3/c1-13-11-18-17(9-10-19(21)23-18)16(13)8-7-14(20)12-22-15-5-3-2-4-6-15/h2-6,13-14,16-19,21H,7-12H2,1H3. The summed E-state index contributed by atoms with van der Waals surface area (Å²) in [6, 6.07) is 9.39. The summed E-state index contributed by atoms with van der Waals surface area (Å²) in [5, 5.41) is 9.63. The first-order valence-corrected chi connectivity index (χ1v) is 8.79. The van der Waals surface area contributed by atoms with Crippen LogP contribution >= 0.6 is 0 Å². The number of hydrogen-bond donors (Lipinski definition) is 1.